The van der Waals surface area contributed by atoms with E-state index in [0.29, 0.717) is 60.5 Å². The fourth-order valence-corrected chi connectivity index (χ4v) is 6.25. The Hall–Kier alpha value is -2.38. The van der Waals surface area contributed by atoms with E-state index >= 15 is 0 Å². The van der Waals surface area contributed by atoms with E-state index in [1.807, 2.05) is 30.0 Å². The van der Waals surface area contributed by atoms with Crippen molar-refractivity contribution in [2.24, 2.45) is 11.8 Å². The molecule has 1 amide bonds. The molecule has 0 saturated carbocycles. The Kier molecular flexibility index (Phi) is 8.10. The van der Waals surface area contributed by atoms with Gasteiger partial charge in [0.25, 0.3) is 0 Å². The molecule has 3 atom stereocenters. The molecule has 0 bridgehead atoms. The van der Waals surface area contributed by atoms with Crippen molar-refractivity contribution in [3.05, 3.63) is 57.7 Å². The van der Waals surface area contributed by atoms with E-state index in [4.69, 9.17) is 33.2 Å². The minimum atomic E-state index is -3.26. The van der Waals surface area contributed by atoms with Gasteiger partial charge in [-0.2, -0.15) is 5.26 Å². The first-order valence-corrected chi connectivity index (χ1v) is 14.4. The van der Waals surface area contributed by atoms with Crippen molar-refractivity contribution in [2.75, 3.05) is 32.4 Å². The van der Waals surface area contributed by atoms with Crippen LogP contribution in [0.1, 0.15) is 36.8 Å². The van der Waals surface area contributed by atoms with Crippen LogP contribution in [0, 0.1) is 23.2 Å². The van der Waals surface area contributed by atoms with Gasteiger partial charge in [0.05, 0.1) is 21.9 Å². The third-order valence-electron chi connectivity index (χ3n) is 7.10. The van der Waals surface area contributed by atoms with Crippen LogP contribution in [0.15, 0.2) is 36.5 Å². The Bertz CT molecular complexity index is 1260. The number of aromatic nitrogens is 1. The normalized spacial score (nSPS) is 22.2. The molecule has 0 N–H and O–H groups in total. The zero-order valence-corrected chi connectivity index (χ0v) is 22.4. The summed E-state index contributed by atoms with van der Waals surface area (Å²) in [6.45, 7) is 3.66. The predicted molar refractivity (Wildman–Crippen MR) is 137 cm³/mol. The highest BCUT2D eigenvalue weighted by Gasteiger charge is 2.42. The summed E-state index contributed by atoms with van der Waals surface area (Å²) in [6.07, 6.45) is 3.39. The molecule has 192 valence electrons. The second-order valence-electron chi connectivity index (χ2n) is 9.44. The Morgan fingerprint density at radius 3 is 2.47 bits per heavy atom. The third kappa shape index (κ3) is 5.94. The molecule has 2 aliphatic rings. The number of likely N-dealkylation sites (tertiary alicyclic amines) is 1. The highest BCUT2D eigenvalue weighted by molar-refractivity contribution is 7.88. The van der Waals surface area contributed by atoms with E-state index in [1.165, 1.54) is 16.8 Å². The SMILES string of the molecule is CC(Oc1ccc(C#N)cn1)C1CN(C(=O)C2CCN(S(C)(=O)=O)CC2)CC1c1ccc(Cl)c(Cl)c1. The van der Waals surface area contributed by atoms with Gasteiger partial charge in [-0.25, -0.2) is 17.7 Å². The van der Waals surface area contributed by atoms with Crippen molar-refractivity contribution in [2.45, 2.75) is 31.8 Å². The van der Waals surface area contributed by atoms with Crippen LogP contribution in [-0.2, 0) is 14.8 Å². The molecule has 1 aromatic heterocycles. The number of pyridine rings is 1. The van der Waals surface area contributed by atoms with Crippen LogP contribution in [-0.4, -0.2) is 67.1 Å². The Labute approximate surface area is 221 Å². The number of benzene rings is 1. The molecule has 0 spiro atoms. The quantitative estimate of drug-likeness (QED) is 0.539. The van der Waals surface area contributed by atoms with E-state index in [9.17, 15) is 13.2 Å². The van der Waals surface area contributed by atoms with Crippen LogP contribution in [0.4, 0.5) is 0 Å². The van der Waals surface area contributed by atoms with Gasteiger partial charge in [-0.1, -0.05) is 29.3 Å². The van der Waals surface area contributed by atoms with Gasteiger partial charge >= 0.3 is 0 Å². The minimum Gasteiger partial charge on any atom is -0.474 e. The lowest BCUT2D eigenvalue weighted by Crippen LogP contribution is -2.43. The van der Waals surface area contributed by atoms with Crippen LogP contribution >= 0.6 is 23.2 Å². The van der Waals surface area contributed by atoms with Gasteiger partial charge in [0.15, 0.2) is 0 Å². The fraction of sp³-hybridized carbons (Fsp3) is 0.480. The summed E-state index contributed by atoms with van der Waals surface area (Å²) >= 11 is 12.5. The van der Waals surface area contributed by atoms with Gasteiger partial charge in [0, 0.05) is 56.2 Å². The highest BCUT2D eigenvalue weighted by Crippen LogP contribution is 2.39. The van der Waals surface area contributed by atoms with Crippen LogP contribution in [0.3, 0.4) is 0 Å². The standard InChI is InChI=1S/C25H28Cl2N4O4S/c1-16(35-24-6-3-17(12-28)13-29-24)20-14-30(15-21(20)19-4-5-22(26)23(27)11-19)25(32)18-7-9-31(10-8-18)36(2,33)34/h3-6,11,13,16,18,20-21H,7-10,14-15H2,1-2H3. The van der Waals surface area contributed by atoms with Crippen molar-refractivity contribution in [3.8, 4) is 11.9 Å². The van der Waals surface area contributed by atoms with Gasteiger partial charge in [0.2, 0.25) is 21.8 Å². The summed E-state index contributed by atoms with van der Waals surface area (Å²) in [7, 11) is -3.26. The number of amides is 1. The molecule has 2 aromatic rings. The van der Waals surface area contributed by atoms with Crippen molar-refractivity contribution >= 4 is 39.1 Å². The molecular weight excluding hydrogens is 523 g/mol. The number of carbonyl (C=O) groups is 1. The molecule has 3 heterocycles. The van der Waals surface area contributed by atoms with E-state index in [2.05, 4.69) is 4.98 Å². The van der Waals surface area contributed by atoms with Crippen LogP contribution in [0.2, 0.25) is 10.0 Å². The second kappa shape index (κ2) is 10.9. The molecule has 2 saturated heterocycles. The zero-order valence-electron chi connectivity index (χ0n) is 20.1. The molecular formula is C25H28Cl2N4O4S. The molecule has 8 nitrogen and oxygen atoms in total. The Morgan fingerprint density at radius 1 is 1.17 bits per heavy atom. The van der Waals surface area contributed by atoms with Gasteiger partial charge in [-0.15, -0.1) is 0 Å². The summed E-state index contributed by atoms with van der Waals surface area (Å²) in [5.74, 6) is 0.160. The number of nitriles is 1. The molecule has 1 aromatic carbocycles. The maximum atomic E-state index is 13.5. The summed E-state index contributed by atoms with van der Waals surface area (Å²) < 4.78 is 31.3. The van der Waals surface area contributed by atoms with E-state index < -0.39 is 10.0 Å². The summed E-state index contributed by atoms with van der Waals surface area (Å²) in [5, 5.41) is 9.92. The third-order valence-corrected chi connectivity index (χ3v) is 9.14. The van der Waals surface area contributed by atoms with Gasteiger partial charge in [-0.05, 0) is 43.5 Å². The number of nitrogens with zero attached hydrogens (tertiary/aromatic N) is 4. The smallest absolute Gasteiger partial charge is 0.225 e. The summed E-state index contributed by atoms with van der Waals surface area (Å²) in [4.78, 5) is 19.6. The van der Waals surface area contributed by atoms with Gasteiger partial charge < -0.3 is 9.64 Å². The Morgan fingerprint density at radius 2 is 1.89 bits per heavy atom. The van der Waals surface area contributed by atoms with Crippen LogP contribution < -0.4 is 4.74 Å². The maximum Gasteiger partial charge on any atom is 0.225 e. The number of hydrogen-bond donors (Lipinski definition) is 0. The maximum absolute atomic E-state index is 13.5. The average Bonchev–Trinajstić information content (AvgIpc) is 3.31. The van der Waals surface area contributed by atoms with E-state index in [-0.39, 0.29) is 29.8 Å². The second-order valence-corrected chi connectivity index (χ2v) is 12.2. The molecule has 36 heavy (non-hydrogen) atoms. The first-order valence-electron chi connectivity index (χ1n) is 11.8. The zero-order chi connectivity index (χ0) is 26.0. The number of piperidine rings is 1. The largest absolute Gasteiger partial charge is 0.474 e. The first-order chi connectivity index (χ1) is 17.1. The summed E-state index contributed by atoms with van der Waals surface area (Å²) in [5.41, 5.74) is 1.42. The van der Waals surface area contributed by atoms with Crippen molar-refractivity contribution < 1.29 is 17.9 Å². The first kappa shape index (κ1) is 26.7. The number of halogens is 2. The average molecular weight is 551 g/mol. The lowest BCUT2D eigenvalue weighted by atomic mass is 9.86. The number of hydrogen-bond acceptors (Lipinski definition) is 6. The van der Waals surface area contributed by atoms with Crippen molar-refractivity contribution in [1.29, 1.82) is 5.26 Å². The predicted octanol–water partition coefficient (Wildman–Crippen LogP) is 3.94. The monoisotopic (exact) mass is 550 g/mol. The molecule has 11 heteroatoms. The summed E-state index contributed by atoms with van der Waals surface area (Å²) in [6, 6.07) is 10.9. The highest BCUT2D eigenvalue weighted by atomic mass is 35.5. The van der Waals surface area contributed by atoms with E-state index in [0.717, 1.165) is 5.56 Å². The molecule has 2 aliphatic heterocycles. The number of sulfonamides is 1. The van der Waals surface area contributed by atoms with Crippen LogP contribution in [0.25, 0.3) is 0 Å². The molecule has 3 unspecified atom stereocenters. The lowest BCUT2D eigenvalue weighted by Gasteiger charge is -2.32. The number of rotatable bonds is 6. The van der Waals surface area contributed by atoms with Gasteiger partial charge in [-0.3, -0.25) is 4.79 Å². The molecule has 2 fully saturated rings. The van der Waals surface area contributed by atoms with Gasteiger partial charge in [0.1, 0.15) is 12.2 Å². The molecule has 0 aliphatic carbocycles. The molecule has 0 radical (unpaired) electrons. The Balaban J connectivity index is 1.52. The number of carbonyl (C=O) groups excluding carboxylic acids is 1. The number of ether oxygens (including phenoxy) is 1. The van der Waals surface area contributed by atoms with Crippen molar-refractivity contribution in [1.82, 2.24) is 14.2 Å². The van der Waals surface area contributed by atoms with E-state index in [1.54, 1.807) is 18.2 Å². The van der Waals surface area contributed by atoms with Crippen LogP contribution in [0.5, 0.6) is 5.88 Å². The fourth-order valence-electron chi connectivity index (χ4n) is 5.07. The lowest BCUT2D eigenvalue weighted by molar-refractivity contribution is -0.135. The minimum absolute atomic E-state index is 0.0341. The topological polar surface area (TPSA) is 104 Å². The van der Waals surface area contributed by atoms with Crippen molar-refractivity contribution in [3.63, 3.8) is 0 Å². The molecule has 4 rings (SSSR count).